The summed E-state index contributed by atoms with van der Waals surface area (Å²) in [5.74, 6) is 0. The van der Waals surface area contributed by atoms with Crippen molar-refractivity contribution in [2.45, 2.75) is 50.8 Å². The maximum atomic E-state index is 10.4. The predicted octanol–water partition coefficient (Wildman–Crippen LogP) is 2.88. The molecule has 1 aromatic rings. The van der Waals surface area contributed by atoms with Gasteiger partial charge in [0.1, 0.15) is 10.1 Å². The molecule has 5 nitrogen and oxygen atoms in total. The van der Waals surface area contributed by atoms with Crippen molar-refractivity contribution in [1.29, 1.82) is 0 Å². The van der Waals surface area contributed by atoms with E-state index >= 15 is 0 Å². The van der Waals surface area contributed by atoms with Crippen molar-refractivity contribution in [2.75, 3.05) is 27.4 Å². The predicted molar refractivity (Wildman–Crippen MR) is 92.0 cm³/mol. The molecule has 0 spiro atoms. The van der Waals surface area contributed by atoms with E-state index < -0.39 is 10.1 Å². The molecule has 0 aliphatic heterocycles. The van der Waals surface area contributed by atoms with Gasteiger partial charge in [0, 0.05) is 0 Å². The van der Waals surface area contributed by atoms with E-state index in [0.29, 0.717) is 0 Å². The molecular formula is C17H31NO4S. The van der Waals surface area contributed by atoms with Crippen LogP contribution in [0.15, 0.2) is 29.2 Å². The third-order valence-electron chi connectivity index (χ3n) is 3.56. The SMILES string of the molecule is CCCCCCC[N+](C)(C)CO.Cc1ccc(S(=O)(=O)[O-])cc1. The molecule has 0 unspecified atom stereocenters. The van der Waals surface area contributed by atoms with E-state index in [1.807, 2.05) is 6.92 Å². The third kappa shape index (κ3) is 11.3. The van der Waals surface area contributed by atoms with Gasteiger partial charge in [0.25, 0.3) is 0 Å². The smallest absolute Gasteiger partial charge is 0.179 e. The quantitative estimate of drug-likeness (QED) is 0.340. The highest BCUT2D eigenvalue weighted by Gasteiger charge is 2.11. The van der Waals surface area contributed by atoms with Gasteiger partial charge in [-0.25, -0.2) is 8.42 Å². The first-order chi connectivity index (χ1) is 10.6. The molecule has 0 radical (unpaired) electrons. The van der Waals surface area contributed by atoms with Crippen molar-refractivity contribution in [3.05, 3.63) is 29.8 Å². The number of hydrogen-bond donors (Lipinski definition) is 1. The minimum Gasteiger partial charge on any atom is -0.744 e. The van der Waals surface area contributed by atoms with E-state index in [2.05, 4.69) is 21.0 Å². The summed E-state index contributed by atoms with van der Waals surface area (Å²) in [6, 6.07) is 5.78. The minimum absolute atomic E-state index is 0.178. The van der Waals surface area contributed by atoms with Crippen LogP contribution in [0.25, 0.3) is 0 Å². The number of unbranched alkanes of at least 4 members (excludes halogenated alkanes) is 4. The van der Waals surface area contributed by atoms with E-state index in [1.54, 1.807) is 12.1 Å². The maximum absolute atomic E-state index is 10.4. The van der Waals surface area contributed by atoms with Gasteiger partial charge >= 0.3 is 0 Å². The standard InChI is InChI=1S/C10H24NO.C7H8O3S/c1-4-5-6-7-8-9-11(2,3)10-12;1-6-2-4-7(5-3-6)11(8,9)10/h12H,4-10H2,1-3H3;2-5H,1H3,(H,8,9,10)/q+1;/p-1. The Hall–Kier alpha value is -0.950. The fourth-order valence-electron chi connectivity index (χ4n) is 1.92. The lowest BCUT2D eigenvalue weighted by atomic mass is 10.1. The normalized spacial score (nSPS) is 11.7. The van der Waals surface area contributed by atoms with Crippen molar-refractivity contribution in [3.63, 3.8) is 0 Å². The number of aryl methyl sites for hydroxylation is 1. The zero-order chi connectivity index (χ0) is 17.9. The Labute approximate surface area is 141 Å². The molecule has 0 saturated heterocycles. The second-order valence-electron chi connectivity index (χ2n) is 6.48. The number of nitrogens with zero attached hydrogens (tertiary/aromatic N) is 1. The highest BCUT2D eigenvalue weighted by atomic mass is 32.2. The summed E-state index contributed by atoms with van der Waals surface area (Å²) >= 11 is 0. The zero-order valence-electron chi connectivity index (χ0n) is 14.8. The fourth-order valence-corrected chi connectivity index (χ4v) is 2.39. The Morgan fingerprint density at radius 3 is 2.00 bits per heavy atom. The molecule has 134 valence electrons. The molecule has 0 aliphatic carbocycles. The van der Waals surface area contributed by atoms with Gasteiger partial charge in [0.15, 0.2) is 6.73 Å². The van der Waals surface area contributed by atoms with Gasteiger partial charge in [-0.2, -0.15) is 0 Å². The van der Waals surface area contributed by atoms with Crippen LogP contribution in [0.2, 0.25) is 0 Å². The summed E-state index contributed by atoms with van der Waals surface area (Å²) in [7, 11) is -0.131. The Balaban J connectivity index is 0.000000422. The largest absolute Gasteiger partial charge is 0.744 e. The summed E-state index contributed by atoms with van der Waals surface area (Å²) in [4.78, 5) is -0.178. The average Bonchev–Trinajstić information content (AvgIpc) is 2.47. The second-order valence-corrected chi connectivity index (χ2v) is 7.86. The molecule has 0 saturated carbocycles. The van der Waals surface area contributed by atoms with Gasteiger partial charge in [0.05, 0.1) is 25.5 Å². The first kappa shape index (κ1) is 22.1. The zero-order valence-corrected chi connectivity index (χ0v) is 15.6. The van der Waals surface area contributed by atoms with Crippen LogP contribution in [0.4, 0.5) is 0 Å². The molecular weight excluding hydrogens is 314 g/mol. The van der Waals surface area contributed by atoms with Gasteiger partial charge in [-0.3, -0.25) is 0 Å². The molecule has 0 bridgehead atoms. The van der Waals surface area contributed by atoms with Crippen molar-refractivity contribution in [2.24, 2.45) is 0 Å². The van der Waals surface area contributed by atoms with Crippen LogP contribution in [0.5, 0.6) is 0 Å². The molecule has 1 N–H and O–H groups in total. The molecule has 0 fully saturated rings. The van der Waals surface area contributed by atoms with Crippen molar-refractivity contribution in [3.8, 4) is 0 Å². The highest BCUT2D eigenvalue weighted by molar-refractivity contribution is 7.85. The Bertz CT molecular complexity index is 524. The van der Waals surface area contributed by atoms with Gasteiger partial charge in [-0.15, -0.1) is 0 Å². The van der Waals surface area contributed by atoms with Crippen LogP contribution >= 0.6 is 0 Å². The van der Waals surface area contributed by atoms with Crippen LogP contribution < -0.4 is 0 Å². The lowest BCUT2D eigenvalue weighted by molar-refractivity contribution is -0.909. The van der Waals surface area contributed by atoms with Gasteiger partial charge in [-0.05, 0) is 31.9 Å². The Morgan fingerprint density at radius 2 is 1.57 bits per heavy atom. The van der Waals surface area contributed by atoms with E-state index in [4.69, 9.17) is 5.11 Å². The Morgan fingerprint density at radius 1 is 1.04 bits per heavy atom. The highest BCUT2D eigenvalue weighted by Crippen LogP contribution is 2.08. The van der Waals surface area contributed by atoms with Crippen molar-refractivity contribution >= 4 is 10.1 Å². The average molecular weight is 346 g/mol. The summed E-state index contributed by atoms with van der Waals surface area (Å²) < 4.78 is 31.9. The third-order valence-corrected chi connectivity index (χ3v) is 4.41. The molecule has 0 aliphatic rings. The molecule has 1 aromatic carbocycles. The first-order valence-electron chi connectivity index (χ1n) is 8.08. The second kappa shape index (κ2) is 10.8. The van der Waals surface area contributed by atoms with E-state index in [-0.39, 0.29) is 11.6 Å². The van der Waals surface area contributed by atoms with E-state index in [1.165, 1.54) is 44.2 Å². The summed E-state index contributed by atoms with van der Waals surface area (Å²) in [6.45, 7) is 5.41. The summed E-state index contributed by atoms with van der Waals surface area (Å²) in [5.41, 5.74) is 0.928. The van der Waals surface area contributed by atoms with Crippen molar-refractivity contribution < 1.29 is 22.6 Å². The molecule has 0 atom stereocenters. The van der Waals surface area contributed by atoms with Gasteiger partial charge < -0.3 is 14.1 Å². The van der Waals surface area contributed by atoms with Crippen LogP contribution in [0, 0.1) is 6.92 Å². The van der Waals surface area contributed by atoms with Crippen LogP contribution in [0.1, 0.15) is 44.6 Å². The topological polar surface area (TPSA) is 77.4 Å². The molecule has 0 amide bonds. The molecule has 6 heteroatoms. The van der Waals surface area contributed by atoms with Gasteiger partial charge in [0.2, 0.25) is 0 Å². The number of hydrogen-bond acceptors (Lipinski definition) is 4. The first-order valence-corrected chi connectivity index (χ1v) is 9.48. The van der Waals surface area contributed by atoms with Gasteiger partial charge in [-0.1, -0.05) is 43.9 Å². The molecule has 23 heavy (non-hydrogen) atoms. The summed E-state index contributed by atoms with van der Waals surface area (Å²) in [5, 5.41) is 8.97. The molecule has 0 heterocycles. The monoisotopic (exact) mass is 345 g/mol. The number of quaternary nitrogens is 1. The number of aliphatic hydroxyl groups is 1. The van der Waals surface area contributed by atoms with Crippen molar-refractivity contribution in [1.82, 2.24) is 0 Å². The maximum Gasteiger partial charge on any atom is 0.179 e. The van der Waals surface area contributed by atoms with Crippen LogP contribution in [-0.2, 0) is 10.1 Å². The lowest BCUT2D eigenvalue weighted by Crippen LogP contribution is -2.41. The van der Waals surface area contributed by atoms with E-state index in [9.17, 15) is 13.0 Å². The lowest BCUT2D eigenvalue weighted by Gasteiger charge is -2.26. The fraction of sp³-hybridized carbons (Fsp3) is 0.647. The summed E-state index contributed by atoms with van der Waals surface area (Å²) in [6.07, 6.45) is 6.57. The molecule has 0 aromatic heterocycles. The number of aliphatic hydroxyl groups excluding tert-OH is 1. The number of benzene rings is 1. The minimum atomic E-state index is -4.27. The molecule has 1 rings (SSSR count). The van der Waals surface area contributed by atoms with Crippen LogP contribution in [0.3, 0.4) is 0 Å². The van der Waals surface area contributed by atoms with Crippen LogP contribution in [-0.4, -0.2) is 49.9 Å². The Kier molecular flexibility index (Phi) is 10.3. The van der Waals surface area contributed by atoms with E-state index in [0.717, 1.165) is 16.6 Å². The number of rotatable bonds is 8.